The normalized spacial score (nSPS) is 16.9. The Labute approximate surface area is 170 Å². The molecule has 1 aromatic heterocycles. The molecule has 1 fully saturated rings. The Balaban J connectivity index is 1.64. The van der Waals surface area contributed by atoms with Gasteiger partial charge in [-0.2, -0.15) is 0 Å². The number of thiophene rings is 1. The molecular formula is C20H27ClN4OS. The molecule has 0 saturated carbocycles. The number of aryl methyl sites for hydroxylation is 1. The van der Waals surface area contributed by atoms with Gasteiger partial charge in [-0.3, -0.25) is 9.89 Å². The van der Waals surface area contributed by atoms with E-state index in [4.69, 9.17) is 16.3 Å². The molecule has 0 aliphatic carbocycles. The van der Waals surface area contributed by atoms with E-state index in [1.54, 1.807) is 18.4 Å². The molecule has 7 heteroatoms. The van der Waals surface area contributed by atoms with Crippen molar-refractivity contribution in [3.8, 4) is 0 Å². The summed E-state index contributed by atoms with van der Waals surface area (Å²) in [5.41, 5.74) is 1.14. The number of halogens is 1. The zero-order chi connectivity index (χ0) is 19.1. The average molecular weight is 407 g/mol. The molecule has 2 heterocycles. The van der Waals surface area contributed by atoms with Crippen molar-refractivity contribution in [2.45, 2.75) is 19.5 Å². The van der Waals surface area contributed by atoms with Crippen LogP contribution in [0.4, 0.5) is 0 Å². The van der Waals surface area contributed by atoms with Crippen molar-refractivity contribution in [2.75, 3.05) is 39.9 Å². The molecule has 27 heavy (non-hydrogen) atoms. The average Bonchev–Trinajstić information content (AvgIpc) is 3.11. The molecule has 0 radical (unpaired) electrons. The number of benzene rings is 1. The first-order valence-corrected chi connectivity index (χ1v) is 10.4. The predicted octanol–water partition coefficient (Wildman–Crippen LogP) is 3.45. The lowest BCUT2D eigenvalue weighted by Crippen LogP contribution is -2.46. The smallest absolute Gasteiger partial charge is 0.191 e. The maximum Gasteiger partial charge on any atom is 0.191 e. The Morgan fingerprint density at radius 2 is 2.00 bits per heavy atom. The molecule has 1 saturated heterocycles. The quantitative estimate of drug-likeness (QED) is 0.569. The Hall–Kier alpha value is -1.60. The van der Waals surface area contributed by atoms with Crippen LogP contribution in [0.2, 0.25) is 5.02 Å². The van der Waals surface area contributed by atoms with Crippen LogP contribution in [0.15, 0.2) is 41.4 Å². The van der Waals surface area contributed by atoms with E-state index in [-0.39, 0.29) is 6.04 Å². The first-order valence-electron chi connectivity index (χ1n) is 9.23. The summed E-state index contributed by atoms with van der Waals surface area (Å²) in [5.74, 6) is 0.798. The summed E-state index contributed by atoms with van der Waals surface area (Å²) in [6.45, 7) is 6.94. The van der Waals surface area contributed by atoms with E-state index in [0.717, 1.165) is 55.9 Å². The van der Waals surface area contributed by atoms with E-state index in [1.165, 1.54) is 9.75 Å². The van der Waals surface area contributed by atoms with Gasteiger partial charge in [-0.05, 0) is 30.7 Å². The highest BCUT2D eigenvalue weighted by Gasteiger charge is 2.24. The largest absolute Gasteiger partial charge is 0.379 e. The maximum atomic E-state index is 6.50. The zero-order valence-electron chi connectivity index (χ0n) is 15.9. The van der Waals surface area contributed by atoms with Gasteiger partial charge in [0.25, 0.3) is 0 Å². The number of aliphatic imine (C=N–C) groups is 1. The standard InChI is InChI=1S/C20H27ClN4OS/c1-15-7-8-16(27-15)13-23-20(22-2)24-14-19(25-9-11-26-12-10-25)17-5-3-4-6-18(17)21/h3-8,19H,9-14H2,1-2H3,(H2,22,23,24). The highest BCUT2D eigenvalue weighted by atomic mass is 35.5. The summed E-state index contributed by atoms with van der Waals surface area (Å²) in [4.78, 5) is 9.41. The van der Waals surface area contributed by atoms with Crippen LogP contribution in [-0.4, -0.2) is 50.8 Å². The second kappa shape index (κ2) is 10.1. The molecular weight excluding hydrogens is 380 g/mol. The molecule has 1 unspecified atom stereocenters. The van der Waals surface area contributed by atoms with Crippen LogP contribution in [0.5, 0.6) is 0 Å². The van der Waals surface area contributed by atoms with Crippen LogP contribution in [0.1, 0.15) is 21.4 Å². The first-order chi connectivity index (χ1) is 13.2. The molecule has 1 aromatic carbocycles. The molecule has 1 aliphatic heterocycles. The Morgan fingerprint density at radius 3 is 2.67 bits per heavy atom. The summed E-state index contributed by atoms with van der Waals surface area (Å²) < 4.78 is 5.52. The van der Waals surface area contributed by atoms with Crippen LogP contribution in [-0.2, 0) is 11.3 Å². The van der Waals surface area contributed by atoms with Crippen molar-refractivity contribution < 1.29 is 4.74 Å². The molecule has 146 valence electrons. The number of hydrogen-bond donors (Lipinski definition) is 2. The molecule has 0 spiro atoms. The maximum absolute atomic E-state index is 6.50. The number of rotatable bonds is 6. The first kappa shape index (κ1) is 20.1. The van der Waals surface area contributed by atoms with Gasteiger partial charge in [0.05, 0.1) is 25.8 Å². The van der Waals surface area contributed by atoms with E-state index in [1.807, 2.05) is 18.2 Å². The lowest BCUT2D eigenvalue weighted by Gasteiger charge is -2.35. The third-order valence-electron chi connectivity index (χ3n) is 4.66. The van der Waals surface area contributed by atoms with Gasteiger partial charge < -0.3 is 15.4 Å². The molecule has 0 bridgehead atoms. The minimum atomic E-state index is 0.171. The summed E-state index contributed by atoms with van der Waals surface area (Å²) in [7, 11) is 1.80. The topological polar surface area (TPSA) is 48.9 Å². The zero-order valence-corrected chi connectivity index (χ0v) is 17.4. The lowest BCUT2D eigenvalue weighted by atomic mass is 10.0. The van der Waals surface area contributed by atoms with Gasteiger partial charge in [-0.1, -0.05) is 29.8 Å². The summed E-state index contributed by atoms with van der Waals surface area (Å²) in [5, 5.41) is 7.67. The van der Waals surface area contributed by atoms with E-state index in [9.17, 15) is 0 Å². The molecule has 1 atom stereocenters. The third kappa shape index (κ3) is 5.69. The van der Waals surface area contributed by atoms with Gasteiger partial charge in [0.15, 0.2) is 5.96 Å². The molecule has 2 N–H and O–H groups in total. The Kier molecular flexibility index (Phi) is 7.52. The van der Waals surface area contributed by atoms with Crippen LogP contribution < -0.4 is 10.6 Å². The summed E-state index contributed by atoms with van der Waals surface area (Å²) in [6, 6.07) is 12.5. The fourth-order valence-electron chi connectivity index (χ4n) is 3.24. The minimum absolute atomic E-state index is 0.171. The predicted molar refractivity (Wildman–Crippen MR) is 114 cm³/mol. The SMILES string of the molecule is CN=C(NCc1ccc(C)s1)NCC(c1ccccc1Cl)N1CCOCC1. The van der Waals surface area contributed by atoms with E-state index < -0.39 is 0 Å². The second-order valence-electron chi connectivity index (χ2n) is 6.50. The molecule has 0 amide bonds. The van der Waals surface area contributed by atoms with Gasteiger partial charge in [0.2, 0.25) is 0 Å². The summed E-state index contributed by atoms with van der Waals surface area (Å²) >= 11 is 8.30. The second-order valence-corrected chi connectivity index (χ2v) is 8.28. The number of nitrogens with zero attached hydrogens (tertiary/aromatic N) is 2. The number of hydrogen-bond acceptors (Lipinski definition) is 4. The number of morpholine rings is 1. The van der Waals surface area contributed by atoms with Crippen molar-refractivity contribution in [3.05, 3.63) is 56.7 Å². The Bertz CT molecular complexity index is 758. The van der Waals surface area contributed by atoms with Gasteiger partial charge in [-0.25, -0.2) is 0 Å². The van der Waals surface area contributed by atoms with Gasteiger partial charge in [-0.15, -0.1) is 11.3 Å². The number of nitrogens with one attached hydrogen (secondary N) is 2. The van der Waals surface area contributed by atoms with Crippen LogP contribution in [0.3, 0.4) is 0 Å². The van der Waals surface area contributed by atoms with Crippen molar-refractivity contribution in [1.29, 1.82) is 0 Å². The summed E-state index contributed by atoms with van der Waals surface area (Å²) in [6.07, 6.45) is 0. The minimum Gasteiger partial charge on any atom is -0.379 e. The highest BCUT2D eigenvalue weighted by Crippen LogP contribution is 2.27. The third-order valence-corrected chi connectivity index (χ3v) is 6.01. The van der Waals surface area contributed by atoms with Crippen LogP contribution in [0, 0.1) is 6.92 Å². The lowest BCUT2D eigenvalue weighted by molar-refractivity contribution is 0.0170. The van der Waals surface area contributed by atoms with E-state index in [0.29, 0.717) is 0 Å². The van der Waals surface area contributed by atoms with Gasteiger partial charge >= 0.3 is 0 Å². The van der Waals surface area contributed by atoms with Crippen molar-refractivity contribution in [3.63, 3.8) is 0 Å². The van der Waals surface area contributed by atoms with Gasteiger partial charge in [0.1, 0.15) is 0 Å². The number of guanidine groups is 1. The molecule has 3 rings (SSSR count). The molecule has 5 nitrogen and oxygen atoms in total. The van der Waals surface area contributed by atoms with Gasteiger partial charge in [0, 0.05) is 41.5 Å². The van der Waals surface area contributed by atoms with Crippen LogP contribution >= 0.6 is 22.9 Å². The van der Waals surface area contributed by atoms with E-state index >= 15 is 0 Å². The molecule has 1 aliphatic rings. The number of ether oxygens (including phenoxy) is 1. The molecule has 2 aromatic rings. The van der Waals surface area contributed by atoms with Crippen molar-refractivity contribution >= 4 is 28.9 Å². The monoisotopic (exact) mass is 406 g/mol. The highest BCUT2D eigenvalue weighted by molar-refractivity contribution is 7.11. The van der Waals surface area contributed by atoms with Crippen molar-refractivity contribution in [1.82, 2.24) is 15.5 Å². The fraction of sp³-hybridized carbons (Fsp3) is 0.450. The Morgan fingerprint density at radius 1 is 1.22 bits per heavy atom. The van der Waals surface area contributed by atoms with Crippen molar-refractivity contribution in [2.24, 2.45) is 4.99 Å². The van der Waals surface area contributed by atoms with E-state index in [2.05, 4.69) is 45.6 Å². The fourth-order valence-corrected chi connectivity index (χ4v) is 4.33. The van der Waals surface area contributed by atoms with Crippen LogP contribution in [0.25, 0.3) is 0 Å².